The quantitative estimate of drug-likeness (QED) is 0.329. The molecule has 1 aliphatic heterocycles. The number of nitro groups is 1. The van der Waals surface area contributed by atoms with Crippen LogP contribution < -0.4 is 15.6 Å². The van der Waals surface area contributed by atoms with E-state index in [0.29, 0.717) is 28.5 Å². The van der Waals surface area contributed by atoms with Gasteiger partial charge in [-0.1, -0.05) is 17.2 Å². The molecule has 2 N–H and O–H groups in total. The lowest BCUT2D eigenvalue weighted by Crippen LogP contribution is -2.29. The molecule has 0 saturated heterocycles. The van der Waals surface area contributed by atoms with Crippen LogP contribution in [0.1, 0.15) is 17.2 Å². The van der Waals surface area contributed by atoms with Gasteiger partial charge in [0.2, 0.25) is 5.95 Å². The van der Waals surface area contributed by atoms with Crippen molar-refractivity contribution in [2.24, 2.45) is 0 Å². The monoisotopic (exact) mass is 418 g/mol. The highest BCUT2D eigenvalue weighted by atomic mass is 16.6. The van der Waals surface area contributed by atoms with Gasteiger partial charge < -0.3 is 10.1 Å². The molecule has 12 heteroatoms. The number of nitrogens with zero attached hydrogens (tertiary/aromatic N) is 6. The van der Waals surface area contributed by atoms with E-state index in [0.717, 1.165) is 5.56 Å². The van der Waals surface area contributed by atoms with Crippen LogP contribution in [-0.2, 0) is 0 Å². The molecule has 5 rings (SSSR count). The van der Waals surface area contributed by atoms with E-state index >= 15 is 0 Å². The number of methoxy groups -OCH3 is 1. The summed E-state index contributed by atoms with van der Waals surface area (Å²) in [6.45, 7) is 0. The smallest absolute Gasteiger partial charge is 0.288 e. The second kappa shape index (κ2) is 7.02. The van der Waals surface area contributed by atoms with Gasteiger partial charge in [0, 0.05) is 23.3 Å². The van der Waals surface area contributed by atoms with Gasteiger partial charge in [-0.25, -0.2) is 5.10 Å². The number of fused-ring (bicyclic) bond motifs is 2. The van der Waals surface area contributed by atoms with Crippen LogP contribution in [0.2, 0.25) is 0 Å². The van der Waals surface area contributed by atoms with E-state index in [2.05, 4.69) is 31.0 Å². The number of nitrogens with one attached hydrogen (secondary N) is 2. The van der Waals surface area contributed by atoms with Gasteiger partial charge in [0.15, 0.2) is 0 Å². The summed E-state index contributed by atoms with van der Waals surface area (Å²) >= 11 is 0. The number of non-ortho nitro benzene ring substituents is 1. The third-order valence-electron chi connectivity index (χ3n) is 5.05. The van der Waals surface area contributed by atoms with Crippen molar-refractivity contribution < 1.29 is 9.66 Å². The molecule has 4 aromatic rings. The summed E-state index contributed by atoms with van der Waals surface area (Å²) in [6, 6.07) is 12.7. The Bertz CT molecular complexity index is 1340. The first-order valence-electron chi connectivity index (χ1n) is 9.13. The fraction of sp³-hybridized carbons (Fsp3) is 0.105. The maximum absolute atomic E-state index is 12.6. The first-order chi connectivity index (χ1) is 15.1. The molecule has 0 saturated carbocycles. The Morgan fingerprint density at radius 3 is 2.55 bits per heavy atom. The number of ether oxygens (including phenoxy) is 1. The summed E-state index contributed by atoms with van der Waals surface area (Å²) in [5.41, 5.74) is 2.15. The van der Waals surface area contributed by atoms with E-state index in [1.54, 1.807) is 36.1 Å². The third-order valence-corrected chi connectivity index (χ3v) is 5.05. The Kier molecular flexibility index (Phi) is 4.17. The van der Waals surface area contributed by atoms with Crippen molar-refractivity contribution in [3.05, 3.63) is 80.1 Å². The number of benzene rings is 2. The number of aromatic nitrogens is 6. The van der Waals surface area contributed by atoms with Crippen LogP contribution in [0.4, 0.5) is 17.3 Å². The summed E-state index contributed by atoms with van der Waals surface area (Å²) < 4.78 is 6.80. The maximum Gasteiger partial charge on any atom is 0.288 e. The van der Waals surface area contributed by atoms with Crippen molar-refractivity contribution in [2.45, 2.75) is 6.04 Å². The summed E-state index contributed by atoms with van der Waals surface area (Å²) in [4.78, 5) is 23.2. The van der Waals surface area contributed by atoms with Gasteiger partial charge in [-0.2, -0.15) is 9.78 Å². The van der Waals surface area contributed by atoms with Crippen LogP contribution >= 0.6 is 0 Å². The van der Waals surface area contributed by atoms with Gasteiger partial charge in [-0.3, -0.25) is 14.9 Å². The fourth-order valence-corrected chi connectivity index (χ4v) is 3.59. The zero-order chi connectivity index (χ0) is 21.5. The van der Waals surface area contributed by atoms with Crippen LogP contribution in [0.3, 0.4) is 0 Å². The summed E-state index contributed by atoms with van der Waals surface area (Å²) in [5.74, 6) is 0.981. The summed E-state index contributed by atoms with van der Waals surface area (Å²) in [5, 5.41) is 32.5. The number of hydrogen-bond acceptors (Lipinski definition) is 9. The number of nitro benzene ring substituents is 1. The van der Waals surface area contributed by atoms with Gasteiger partial charge in [-0.15, -0.1) is 0 Å². The Labute approximate surface area is 173 Å². The minimum Gasteiger partial charge on any atom is -0.497 e. The van der Waals surface area contributed by atoms with Crippen LogP contribution in [0.25, 0.3) is 11.3 Å². The summed E-state index contributed by atoms with van der Waals surface area (Å²) in [6.07, 6.45) is 0. The van der Waals surface area contributed by atoms with Crippen LogP contribution in [0.5, 0.6) is 5.75 Å². The van der Waals surface area contributed by atoms with E-state index in [1.165, 1.54) is 12.1 Å². The van der Waals surface area contributed by atoms with Crippen LogP contribution in [-0.4, -0.2) is 42.4 Å². The van der Waals surface area contributed by atoms with Crippen molar-refractivity contribution in [3.8, 4) is 17.0 Å². The first kappa shape index (κ1) is 18.4. The van der Waals surface area contributed by atoms with Gasteiger partial charge >= 0.3 is 0 Å². The number of anilines is 2. The lowest BCUT2D eigenvalue weighted by molar-refractivity contribution is -0.384. The molecule has 2 aromatic carbocycles. The molecule has 31 heavy (non-hydrogen) atoms. The average Bonchev–Trinajstić information content (AvgIpc) is 3.27. The molecule has 0 radical (unpaired) electrons. The number of hydrogen-bond donors (Lipinski definition) is 2. The molecule has 0 fully saturated rings. The normalized spacial score (nSPS) is 14.3. The van der Waals surface area contributed by atoms with Crippen LogP contribution in [0.15, 0.2) is 53.3 Å². The SMILES string of the molecule is COc1ccc([C@@H]2c3c(-c4ccc([N+](=O)[O-])cc4)n[nH]c(=O)c3Nc3nnnn32)cc1. The highest BCUT2D eigenvalue weighted by molar-refractivity contribution is 5.75. The molecule has 0 amide bonds. The molecular weight excluding hydrogens is 404 g/mol. The second-order valence-electron chi connectivity index (χ2n) is 6.74. The molecule has 0 bridgehead atoms. The van der Waals surface area contributed by atoms with Crippen molar-refractivity contribution in [1.29, 1.82) is 0 Å². The predicted molar refractivity (Wildman–Crippen MR) is 108 cm³/mol. The van der Waals surface area contributed by atoms with Gasteiger partial charge in [0.25, 0.3) is 11.2 Å². The van der Waals surface area contributed by atoms with Crippen molar-refractivity contribution >= 4 is 17.3 Å². The molecule has 0 spiro atoms. The Morgan fingerprint density at radius 1 is 1.13 bits per heavy atom. The van der Waals surface area contributed by atoms with Crippen molar-refractivity contribution in [3.63, 3.8) is 0 Å². The number of tetrazole rings is 1. The zero-order valence-corrected chi connectivity index (χ0v) is 16.0. The lowest BCUT2D eigenvalue weighted by Gasteiger charge is -2.27. The third kappa shape index (κ3) is 2.97. The number of rotatable bonds is 4. The van der Waals surface area contributed by atoms with Gasteiger partial charge in [0.1, 0.15) is 17.5 Å². The molecule has 0 unspecified atom stereocenters. The zero-order valence-electron chi connectivity index (χ0n) is 16.0. The molecule has 2 aromatic heterocycles. The minimum absolute atomic E-state index is 0.0466. The lowest BCUT2D eigenvalue weighted by atomic mass is 9.92. The molecule has 1 aliphatic rings. The number of aromatic amines is 1. The first-order valence-corrected chi connectivity index (χ1v) is 9.13. The Hall–Kier alpha value is -4.61. The topological polar surface area (TPSA) is 154 Å². The Morgan fingerprint density at radius 2 is 1.87 bits per heavy atom. The predicted octanol–water partition coefficient (Wildman–Crippen LogP) is 2.03. The van der Waals surface area contributed by atoms with Crippen molar-refractivity contribution in [1.82, 2.24) is 30.4 Å². The molecule has 1 atom stereocenters. The van der Waals surface area contributed by atoms with Gasteiger partial charge in [-0.05, 0) is 40.3 Å². The van der Waals surface area contributed by atoms with E-state index < -0.39 is 16.5 Å². The van der Waals surface area contributed by atoms with E-state index in [4.69, 9.17) is 4.74 Å². The molecule has 154 valence electrons. The molecular formula is C19H14N8O4. The number of H-pyrrole nitrogens is 1. The highest BCUT2D eigenvalue weighted by Crippen LogP contribution is 2.41. The maximum atomic E-state index is 12.6. The van der Waals surface area contributed by atoms with Crippen molar-refractivity contribution in [2.75, 3.05) is 12.4 Å². The second-order valence-corrected chi connectivity index (χ2v) is 6.74. The Balaban J connectivity index is 1.74. The molecule has 12 nitrogen and oxygen atoms in total. The van der Waals surface area contributed by atoms with E-state index in [-0.39, 0.29) is 11.4 Å². The highest BCUT2D eigenvalue weighted by Gasteiger charge is 2.34. The molecule has 3 heterocycles. The van der Waals surface area contributed by atoms with Gasteiger partial charge in [0.05, 0.1) is 17.7 Å². The van der Waals surface area contributed by atoms with E-state index in [9.17, 15) is 14.9 Å². The average molecular weight is 418 g/mol. The molecule has 0 aliphatic carbocycles. The minimum atomic E-state index is -0.563. The standard InChI is InChI=1S/C19H14N8O4/c1-31-13-8-4-11(5-9-13)17-14-15(10-2-6-12(7-3-10)27(29)30)21-22-18(28)16(14)20-19-23-24-25-26(17)19/h2-9,17H,1H3,(H,22,28)(H,20,23,25)/t17-/m1/s1. The van der Waals surface area contributed by atoms with Crippen LogP contribution in [0, 0.1) is 10.1 Å². The summed E-state index contributed by atoms with van der Waals surface area (Å²) in [7, 11) is 1.57. The fourth-order valence-electron chi connectivity index (χ4n) is 3.59. The van der Waals surface area contributed by atoms with E-state index in [1.807, 2.05) is 12.1 Å². The largest absolute Gasteiger partial charge is 0.497 e.